The number of benzene rings is 2. The smallest absolute Gasteiger partial charge is 0.186 e. The fraction of sp³-hybridized carbons (Fsp3) is 0.417. The van der Waals surface area contributed by atoms with E-state index in [-0.39, 0.29) is 17.9 Å². The lowest BCUT2D eigenvalue weighted by Gasteiger charge is -2.40. The van der Waals surface area contributed by atoms with E-state index >= 15 is 0 Å². The molecule has 0 aliphatic carbocycles. The predicted molar refractivity (Wildman–Crippen MR) is 135 cm³/mol. The number of hydrogen-bond acceptors (Lipinski definition) is 5. The van der Waals surface area contributed by atoms with Gasteiger partial charge in [-0.25, -0.2) is 4.98 Å². The molecule has 1 unspecified atom stereocenters. The fourth-order valence-corrected chi connectivity index (χ4v) is 5.70. The molecule has 1 aliphatic rings. The van der Waals surface area contributed by atoms with Gasteiger partial charge in [-0.05, 0) is 81.1 Å². The molecule has 164 valence electrons. The van der Waals surface area contributed by atoms with Crippen LogP contribution in [0.1, 0.15) is 32.3 Å². The number of hydrogen-bond donors (Lipinski definition) is 1. The van der Waals surface area contributed by atoms with E-state index in [1.165, 1.54) is 26.8 Å². The van der Waals surface area contributed by atoms with Gasteiger partial charge < -0.3 is 10.2 Å². The van der Waals surface area contributed by atoms with Crippen LogP contribution in [0, 0.1) is 6.92 Å². The fourth-order valence-electron chi connectivity index (χ4n) is 4.67. The van der Waals surface area contributed by atoms with Crippen LogP contribution in [0.2, 0.25) is 0 Å². The predicted octanol–water partition coefficient (Wildman–Crippen LogP) is 5.55. The van der Waals surface area contributed by atoms with Gasteiger partial charge in [0.1, 0.15) is 0 Å². The average Bonchev–Trinajstić information content (AvgIpc) is 3.29. The molecule has 2 aromatic carbocycles. The summed E-state index contributed by atoms with van der Waals surface area (Å²) in [5.41, 5.74) is 6.02. The molecule has 0 amide bonds. The summed E-state index contributed by atoms with van der Waals surface area (Å²) in [4.78, 5) is 7.34. The molecule has 7 heteroatoms. The van der Waals surface area contributed by atoms with Crippen LogP contribution in [0.5, 0.6) is 0 Å². The van der Waals surface area contributed by atoms with Crippen LogP contribution >= 0.6 is 23.7 Å². The van der Waals surface area contributed by atoms with E-state index in [0.717, 1.165) is 35.6 Å². The molecule has 3 heterocycles. The molecule has 1 saturated heterocycles. The Balaban J connectivity index is 0.00000231. The summed E-state index contributed by atoms with van der Waals surface area (Å²) >= 11 is 1.80. The standard InChI is InChI=1S/C24H29N5S.ClH/c1-15-10-17(11-18-14-28(4)27-22(15)18)16-6-7-20-21(12-16)30-23(26-20)29(5)19-8-9-25-24(2,3)13-19;/h6-7,10-12,14,19,25H,8-9,13H2,1-5H3;1H. The second-order valence-electron chi connectivity index (χ2n) is 9.28. The summed E-state index contributed by atoms with van der Waals surface area (Å²) < 4.78 is 3.13. The summed E-state index contributed by atoms with van der Waals surface area (Å²) in [6.45, 7) is 7.78. The number of thiazole rings is 1. The molecular weight excluding hydrogens is 426 g/mol. The first-order chi connectivity index (χ1) is 14.3. The van der Waals surface area contributed by atoms with Gasteiger partial charge in [0, 0.05) is 37.3 Å². The molecule has 1 fully saturated rings. The first-order valence-corrected chi connectivity index (χ1v) is 11.4. The van der Waals surface area contributed by atoms with Crippen molar-refractivity contribution in [2.45, 2.75) is 45.2 Å². The number of fused-ring (bicyclic) bond motifs is 2. The molecule has 2 aromatic heterocycles. The van der Waals surface area contributed by atoms with E-state index in [4.69, 9.17) is 4.98 Å². The highest BCUT2D eigenvalue weighted by atomic mass is 35.5. The number of rotatable bonds is 3. The largest absolute Gasteiger partial charge is 0.348 e. The molecule has 5 rings (SSSR count). The third kappa shape index (κ3) is 4.16. The molecule has 31 heavy (non-hydrogen) atoms. The van der Waals surface area contributed by atoms with Crippen molar-refractivity contribution in [3.63, 3.8) is 0 Å². The number of anilines is 1. The van der Waals surface area contributed by atoms with Crippen molar-refractivity contribution < 1.29 is 0 Å². The van der Waals surface area contributed by atoms with Gasteiger partial charge in [-0.2, -0.15) is 5.10 Å². The molecule has 1 atom stereocenters. The summed E-state index contributed by atoms with van der Waals surface area (Å²) in [7, 11) is 4.17. The van der Waals surface area contributed by atoms with Gasteiger partial charge in [0.2, 0.25) is 0 Å². The van der Waals surface area contributed by atoms with E-state index in [1.807, 2.05) is 11.7 Å². The van der Waals surface area contributed by atoms with Crippen molar-refractivity contribution >= 4 is 50.0 Å². The van der Waals surface area contributed by atoms with Crippen molar-refractivity contribution in [2.24, 2.45) is 7.05 Å². The molecule has 1 aliphatic heterocycles. The Morgan fingerprint density at radius 1 is 1.19 bits per heavy atom. The number of aryl methyl sites for hydroxylation is 2. The van der Waals surface area contributed by atoms with Gasteiger partial charge in [0.15, 0.2) is 5.13 Å². The highest BCUT2D eigenvalue weighted by Gasteiger charge is 2.30. The van der Waals surface area contributed by atoms with E-state index in [1.54, 1.807) is 11.3 Å². The molecule has 0 bridgehead atoms. The van der Waals surface area contributed by atoms with Gasteiger partial charge in [-0.15, -0.1) is 12.4 Å². The molecule has 5 nitrogen and oxygen atoms in total. The highest BCUT2D eigenvalue weighted by molar-refractivity contribution is 7.22. The van der Waals surface area contributed by atoms with E-state index in [9.17, 15) is 0 Å². The van der Waals surface area contributed by atoms with Crippen molar-refractivity contribution in [1.29, 1.82) is 0 Å². The van der Waals surface area contributed by atoms with Crippen LogP contribution in [0.4, 0.5) is 5.13 Å². The second-order valence-corrected chi connectivity index (χ2v) is 10.3. The average molecular weight is 456 g/mol. The first-order valence-electron chi connectivity index (χ1n) is 10.6. The van der Waals surface area contributed by atoms with Crippen LogP contribution in [-0.2, 0) is 7.05 Å². The quantitative estimate of drug-likeness (QED) is 0.440. The highest BCUT2D eigenvalue weighted by Crippen LogP contribution is 2.35. The molecule has 0 radical (unpaired) electrons. The normalized spacial score (nSPS) is 18.3. The molecule has 4 aromatic rings. The molecule has 0 saturated carbocycles. The first kappa shape index (κ1) is 22.1. The number of nitrogens with one attached hydrogen (secondary N) is 1. The Bertz CT molecular complexity index is 1240. The maximum atomic E-state index is 4.95. The maximum Gasteiger partial charge on any atom is 0.186 e. The van der Waals surface area contributed by atoms with Crippen molar-refractivity contribution in [1.82, 2.24) is 20.1 Å². The third-order valence-electron chi connectivity index (χ3n) is 6.30. The Morgan fingerprint density at radius 3 is 2.77 bits per heavy atom. The van der Waals surface area contributed by atoms with Crippen LogP contribution in [0.3, 0.4) is 0 Å². The second kappa shape index (κ2) is 8.08. The summed E-state index contributed by atoms with van der Waals surface area (Å²) in [6, 6.07) is 11.6. The lowest BCUT2D eigenvalue weighted by Crippen LogP contribution is -2.52. The van der Waals surface area contributed by atoms with E-state index in [0.29, 0.717) is 6.04 Å². The monoisotopic (exact) mass is 455 g/mol. The minimum atomic E-state index is 0. The summed E-state index contributed by atoms with van der Waals surface area (Å²) in [5, 5.41) is 10.5. The van der Waals surface area contributed by atoms with Crippen LogP contribution in [-0.4, -0.2) is 39.9 Å². The van der Waals surface area contributed by atoms with Gasteiger partial charge in [0.25, 0.3) is 0 Å². The van der Waals surface area contributed by atoms with Crippen LogP contribution in [0.15, 0.2) is 36.5 Å². The van der Waals surface area contributed by atoms with Crippen LogP contribution in [0.25, 0.3) is 32.2 Å². The number of nitrogens with zero attached hydrogens (tertiary/aromatic N) is 4. The third-order valence-corrected chi connectivity index (χ3v) is 7.41. The Hall–Kier alpha value is -2.15. The zero-order valence-corrected chi connectivity index (χ0v) is 20.4. The van der Waals surface area contributed by atoms with Gasteiger partial charge >= 0.3 is 0 Å². The number of aromatic nitrogens is 3. The topological polar surface area (TPSA) is 46.0 Å². The van der Waals surface area contributed by atoms with Crippen molar-refractivity contribution in [2.75, 3.05) is 18.5 Å². The zero-order chi connectivity index (χ0) is 21.0. The zero-order valence-electron chi connectivity index (χ0n) is 18.8. The van der Waals surface area contributed by atoms with E-state index < -0.39 is 0 Å². The van der Waals surface area contributed by atoms with Crippen LogP contribution < -0.4 is 10.2 Å². The Morgan fingerprint density at radius 2 is 2.00 bits per heavy atom. The van der Waals surface area contributed by atoms with E-state index in [2.05, 4.69) is 79.7 Å². The lowest BCUT2D eigenvalue weighted by atomic mass is 9.89. The minimum absolute atomic E-state index is 0. The maximum absolute atomic E-state index is 4.95. The van der Waals surface area contributed by atoms with Crippen molar-refractivity contribution in [3.8, 4) is 11.1 Å². The van der Waals surface area contributed by atoms with Gasteiger partial charge in [-0.3, -0.25) is 4.68 Å². The molecular formula is C24H30ClN5S. The molecule has 0 spiro atoms. The Kier molecular flexibility index (Phi) is 5.75. The van der Waals surface area contributed by atoms with Gasteiger partial charge in [-0.1, -0.05) is 17.4 Å². The van der Waals surface area contributed by atoms with Crippen molar-refractivity contribution in [3.05, 3.63) is 42.1 Å². The number of piperidine rings is 1. The molecule has 1 N–H and O–H groups in total. The minimum Gasteiger partial charge on any atom is -0.348 e. The summed E-state index contributed by atoms with van der Waals surface area (Å²) in [6.07, 6.45) is 4.38. The van der Waals surface area contributed by atoms with Gasteiger partial charge in [0.05, 0.1) is 15.7 Å². The number of halogens is 1. The summed E-state index contributed by atoms with van der Waals surface area (Å²) in [5.74, 6) is 0. The SMILES string of the molecule is Cc1cc(-c2ccc3nc(N(C)C4CCNC(C)(C)C4)sc3c2)cc2cn(C)nc12.Cl. The lowest BCUT2D eigenvalue weighted by molar-refractivity contribution is 0.271. The Labute approximate surface area is 193 Å².